The van der Waals surface area contributed by atoms with E-state index in [1.807, 2.05) is 85.6 Å². The molecule has 2 aromatic rings. The molecule has 0 aliphatic carbocycles. The number of hydrazine groups is 1. The topological polar surface area (TPSA) is 40.6 Å². The van der Waals surface area contributed by atoms with E-state index in [9.17, 15) is 9.59 Å². The number of imide groups is 1. The fraction of sp³-hybridized carbons (Fsp3) is 0.273. The van der Waals surface area contributed by atoms with Crippen LogP contribution in [0, 0.1) is 0 Å². The molecule has 1 saturated heterocycles. The van der Waals surface area contributed by atoms with Gasteiger partial charge in [-0.2, -0.15) is 0 Å². The molecular formula is C22H24N2O2. The van der Waals surface area contributed by atoms with Crippen molar-refractivity contribution in [1.29, 1.82) is 0 Å². The van der Waals surface area contributed by atoms with E-state index in [1.165, 1.54) is 11.1 Å². The highest BCUT2D eigenvalue weighted by atomic mass is 16.2. The number of benzene rings is 2. The van der Waals surface area contributed by atoms with Crippen LogP contribution in [0.2, 0.25) is 0 Å². The van der Waals surface area contributed by atoms with Gasteiger partial charge < -0.3 is 0 Å². The maximum Gasteiger partial charge on any atom is 0.267 e. The van der Waals surface area contributed by atoms with Gasteiger partial charge in [-0.25, -0.2) is 10.0 Å². The third-order valence-corrected chi connectivity index (χ3v) is 4.60. The lowest BCUT2D eigenvalue weighted by atomic mass is 10.0. The molecule has 134 valence electrons. The molecule has 1 aliphatic heterocycles. The Morgan fingerprint density at radius 1 is 1.00 bits per heavy atom. The summed E-state index contributed by atoms with van der Waals surface area (Å²) in [4.78, 5) is 25.2. The van der Waals surface area contributed by atoms with Gasteiger partial charge >= 0.3 is 0 Å². The molecular weight excluding hydrogens is 324 g/mol. The van der Waals surface area contributed by atoms with E-state index in [0.29, 0.717) is 19.4 Å². The summed E-state index contributed by atoms with van der Waals surface area (Å²) >= 11 is 0. The van der Waals surface area contributed by atoms with Gasteiger partial charge in [-0.15, -0.1) is 0 Å². The van der Waals surface area contributed by atoms with Gasteiger partial charge in [0, 0.05) is 24.6 Å². The molecule has 2 aromatic carbocycles. The number of rotatable bonds is 5. The van der Waals surface area contributed by atoms with E-state index < -0.39 is 5.54 Å². The number of allylic oxidation sites excluding steroid dienone is 1. The van der Waals surface area contributed by atoms with Crippen LogP contribution in [0.25, 0.3) is 0 Å². The molecule has 4 heteroatoms. The Bertz CT molecular complexity index is 797. The Kier molecular flexibility index (Phi) is 5.33. The fourth-order valence-corrected chi connectivity index (χ4v) is 3.21. The quantitative estimate of drug-likeness (QED) is 0.773. The van der Waals surface area contributed by atoms with Gasteiger partial charge in [0.25, 0.3) is 5.91 Å². The summed E-state index contributed by atoms with van der Waals surface area (Å²) in [7, 11) is 0. The summed E-state index contributed by atoms with van der Waals surface area (Å²) in [6.45, 7) is 4.52. The minimum atomic E-state index is -0.393. The normalized spacial score (nSPS) is 17.2. The Balaban J connectivity index is 1.74. The molecule has 0 bridgehead atoms. The molecule has 2 amide bonds. The molecule has 3 rings (SSSR count). The fourth-order valence-electron chi connectivity index (χ4n) is 3.21. The lowest BCUT2D eigenvalue weighted by molar-refractivity contribution is -0.157. The molecule has 0 aromatic heterocycles. The predicted octanol–water partition coefficient (Wildman–Crippen LogP) is 3.74. The Morgan fingerprint density at radius 3 is 2.19 bits per heavy atom. The summed E-state index contributed by atoms with van der Waals surface area (Å²) in [6.07, 6.45) is 4.32. The number of carbonyl (C=O) groups is 2. The second-order valence-corrected chi connectivity index (χ2v) is 7.17. The van der Waals surface area contributed by atoms with Crippen molar-refractivity contribution in [1.82, 2.24) is 10.0 Å². The van der Waals surface area contributed by atoms with E-state index in [-0.39, 0.29) is 11.8 Å². The Labute approximate surface area is 154 Å². The zero-order valence-electron chi connectivity index (χ0n) is 15.3. The first kappa shape index (κ1) is 18.1. The Morgan fingerprint density at radius 2 is 1.58 bits per heavy atom. The third-order valence-electron chi connectivity index (χ3n) is 4.60. The molecule has 0 spiro atoms. The van der Waals surface area contributed by atoms with Crippen LogP contribution >= 0.6 is 0 Å². The summed E-state index contributed by atoms with van der Waals surface area (Å²) < 4.78 is 0. The number of hydrogen-bond acceptors (Lipinski definition) is 3. The van der Waals surface area contributed by atoms with E-state index in [4.69, 9.17) is 0 Å². The van der Waals surface area contributed by atoms with Crippen LogP contribution < -0.4 is 0 Å². The minimum absolute atomic E-state index is 0.153. The molecule has 0 unspecified atom stereocenters. The monoisotopic (exact) mass is 348 g/mol. The predicted molar refractivity (Wildman–Crippen MR) is 102 cm³/mol. The van der Waals surface area contributed by atoms with Crippen molar-refractivity contribution < 1.29 is 9.59 Å². The van der Waals surface area contributed by atoms with E-state index in [1.54, 1.807) is 0 Å². The van der Waals surface area contributed by atoms with Crippen LogP contribution in [0.1, 0.15) is 31.4 Å². The smallest absolute Gasteiger partial charge is 0.267 e. The molecule has 0 radical (unpaired) electrons. The SMILES string of the molecule is CC1(C)CC(=O)N(C(=O)/C=C/Cc2ccccc2)N1Cc1ccccc1. The maximum atomic E-state index is 12.7. The lowest BCUT2D eigenvalue weighted by Gasteiger charge is -2.34. The minimum Gasteiger partial charge on any atom is -0.273 e. The van der Waals surface area contributed by atoms with Crippen molar-refractivity contribution >= 4 is 11.8 Å². The molecule has 0 atom stereocenters. The van der Waals surface area contributed by atoms with E-state index >= 15 is 0 Å². The van der Waals surface area contributed by atoms with Crippen LogP contribution in [0.3, 0.4) is 0 Å². The van der Waals surface area contributed by atoms with Crippen molar-refractivity contribution in [3.05, 3.63) is 83.9 Å². The van der Waals surface area contributed by atoms with E-state index in [0.717, 1.165) is 11.1 Å². The summed E-state index contributed by atoms with van der Waals surface area (Å²) in [6, 6.07) is 19.8. The number of carbonyl (C=O) groups excluding carboxylic acids is 2. The van der Waals surface area contributed by atoms with Crippen molar-refractivity contribution in [2.75, 3.05) is 0 Å². The molecule has 1 fully saturated rings. The summed E-state index contributed by atoms with van der Waals surface area (Å²) in [5.74, 6) is -0.437. The standard InChI is InChI=1S/C22H24N2O2/c1-22(2)16-21(26)24(23(22)17-19-12-7-4-8-13-19)20(25)15-9-14-18-10-5-3-6-11-18/h3-13,15H,14,16-17H2,1-2H3/b15-9+. The zero-order valence-corrected chi connectivity index (χ0v) is 15.3. The number of amides is 2. The van der Waals surface area contributed by atoms with Gasteiger partial charge in [0.1, 0.15) is 0 Å². The van der Waals surface area contributed by atoms with Crippen molar-refractivity contribution in [2.24, 2.45) is 0 Å². The van der Waals surface area contributed by atoms with Gasteiger partial charge in [-0.05, 0) is 31.4 Å². The molecule has 4 nitrogen and oxygen atoms in total. The number of nitrogens with zero attached hydrogens (tertiary/aromatic N) is 2. The molecule has 0 N–H and O–H groups in total. The first-order valence-electron chi connectivity index (χ1n) is 8.86. The maximum absolute atomic E-state index is 12.7. The molecule has 1 heterocycles. The van der Waals surface area contributed by atoms with Gasteiger partial charge in [0.05, 0.1) is 0 Å². The van der Waals surface area contributed by atoms with Crippen molar-refractivity contribution in [2.45, 2.75) is 38.8 Å². The first-order chi connectivity index (χ1) is 12.5. The van der Waals surface area contributed by atoms with Gasteiger partial charge in [-0.1, -0.05) is 66.7 Å². The highest BCUT2D eigenvalue weighted by Crippen LogP contribution is 2.32. The second kappa shape index (κ2) is 7.67. The number of hydrogen-bond donors (Lipinski definition) is 0. The summed E-state index contributed by atoms with van der Waals surface area (Å²) in [5, 5.41) is 3.17. The van der Waals surface area contributed by atoms with Crippen LogP contribution in [0.4, 0.5) is 0 Å². The highest BCUT2D eigenvalue weighted by Gasteiger charge is 2.45. The van der Waals surface area contributed by atoms with Crippen LogP contribution in [-0.4, -0.2) is 27.4 Å². The second-order valence-electron chi connectivity index (χ2n) is 7.17. The lowest BCUT2D eigenvalue weighted by Crippen LogP contribution is -2.48. The molecule has 1 aliphatic rings. The van der Waals surface area contributed by atoms with Crippen LogP contribution in [0.5, 0.6) is 0 Å². The van der Waals surface area contributed by atoms with Crippen molar-refractivity contribution in [3.8, 4) is 0 Å². The molecule has 0 saturated carbocycles. The highest BCUT2D eigenvalue weighted by molar-refractivity contribution is 6.01. The van der Waals surface area contributed by atoms with Crippen LogP contribution in [0.15, 0.2) is 72.8 Å². The average Bonchev–Trinajstić information content (AvgIpc) is 2.85. The van der Waals surface area contributed by atoms with Gasteiger partial charge in [0.2, 0.25) is 5.91 Å². The zero-order chi connectivity index (χ0) is 18.6. The Hall–Kier alpha value is -2.72. The third kappa shape index (κ3) is 4.09. The van der Waals surface area contributed by atoms with Crippen LogP contribution in [-0.2, 0) is 22.6 Å². The van der Waals surface area contributed by atoms with Gasteiger partial charge in [0.15, 0.2) is 0 Å². The average molecular weight is 348 g/mol. The largest absolute Gasteiger partial charge is 0.273 e. The summed E-state index contributed by atoms with van der Waals surface area (Å²) in [5.41, 5.74) is 1.81. The van der Waals surface area contributed by atoms with Gasteiger partial charge in [-0.3, -0.25) is 9.59 Å². The first-order valence-corrected chi connectivity index (χ1v) is 8.86. The van der Waals surface area contributed by atoms with Crippen molar-refractivity contribution in [3.63, 3.8) is 0 Å². The van der Waals surface area contributed by atoms with E-state index in [2.05, 4.69) is 0 Å². The molecule has 26 heavy (non-hydrogen) atoms.